The van der Waals surface area contributed by atoms with Gasteiger partial charge in [0.05, 0.1) is 19.3 Å². The van der Waals surface area contributed by atoms with E-state index in [1.165, 1.54) is 0 Å². The van der Waals surface area contributed by atoms with E-state index in [1.54, 1.807) is 7.11 Å². The highest BCUT2D eigenvalue weighted by atomic mass is 19.4. The smallest absolute Gasteiger partial charge is 0.411 e. The number of alkyl halides is 3. The van der Waals surface area contributed by atoms with Crippen LogP contribution in [0.25, 0.3) is 0 Å². The predicted octanol–water partition coefficient (Wildman–Crippen LogP) is 3.24. The Morgan fingerprint density at radius 1 is 1.33 bits per heavy atom. The third-order valence-electron chi connectivity index (χ3n) is 3.56. The summed E-state index contributed by atoms with van der Waals surface area (Å²) in [7, 11) is 1.57. The molecule has 0 aromatic heterocycles. The van der Waals surface area contributed by atoms with Gasteiger partial charge in [0.25, 0.3) is 0 Å². The predicted molar refractivity (Wildman–Crippen MR) is 73.5 cm³/mol. The molecule has 0 radical (unpaired) electrons. The minimum atomic E-state index is -4.30. The van der Waals surface area contributed by atoms with Crippen LogP contribution in [-0.2, 0) is 11.2 Å². The number of nitrogens with one attached hydrogen (secondary N) is 1. The van der Waals surface area contributed by atoms with E-state index in [1.807, 2.05) is 25.1 Å². The maximum atomic E-state index is 12.4. The van der Waals surface area contributed by atoms with Crippen molar-refractivity contribution in [2.24, 2.45) is 0 Å². The van der Waals surface area contributed by atoms with E-state index >= 15 is 0 Å². The Hall–Kier alpha value is -1.27. The van der Waals surface area contributed by atoms with Crippen molar-refractivity contribution in [2.45, 2.75) is 38.1 Å². The van der Waals surface area contributed by atoms with Crippen LogP contribution in [0.4, 0.5) is 13.2 Å². The third-order valence-corrected chi connectivity index (χ3v) is 3.56. The largest absolute Gasteiger partial charge is 0.497 e. The van der Waals surface area contributed by atoms with Crippen LogP contribution in [0.15, 0.2) is 18.2 Å². The van der Waals surface area contributed by atoms with Gasteiger partial charge in [0, 0.05) is 6.42 Å². The zero-order valence-electron chi connectivity index (χ0n) is 12.2. The van der Waals surface area contributed by atoms with Crippen molar-refractivity contribution in [1.82, 2.24) is 5.32 Å². The zero-order valence-corrected chi connectivity index (χ0v) is 12.2. The molecular weight excluding hydrogens is 283 g/mol. The van der Waals surface area contributed by atoms with Gasteiger partial charge >= 0.3 is 6.18 Å². The summed E-state index contributed by atoms with van der Waals surface area (Å²) in [6.45, 7) is 1.53. The second-order valence-electron chi connectivity index (χ2n) is 5.17. The average molecular weight is 303 g/mol. The molecule has 0 bridgehead atoms. The Labute approximate surface area is 122 Å². The molecule has 0 heterocycles. The zero-order chi connectivity index (χ0) is 15.5. The van der Waals surface area contributed by atoms with Gasteiger partial charge in [0.2, 0.25) is 0 Å². The minimum absolute atomic E-state index is 0.225. The number of ether oxygens (including phenoxy) is 2. The van der Waals surface area contributed by atoms with E-state index in [2.05, 4.69) is 5.32 Å². The summed E-state index contributed by atoms with van der Waals surface area (Å²) in [5.74, 6) is 0.702. The first-order valence-electron chi connectivity index (χ1n) is 7.03. The van der Waals surface area contributed by atoms with Gasteiger partial charge in [-0.2, -0.15) is 13.2 Å². The number of rotatable bonds is 6. The summed E-state index contributed by atoms with van der Waals surface area (Å²) in [6, 6.07) is 5.37. The van der Waals surface area contributed by atoms with E-state index in [4.69, 9.17) is 9.47 Å². The van der Waals surface area contributed by atoms with Gasteiger partial charge < -0.3 is 14.8 Å². The molecule has 0 saturated heterocycles. The Balaban J connectivity index is 2.15. The molecule has 3 nitrogen and oxygen atoms in total. The molecule has 1 aromatic rings. The maximum absolute atomic E-state index is 12.4. The molecule has 2 atom stereocenters. The molecule has 0 saturated carbocycles. The van der Waals surface area contributed by atoms with Gasteiger partial charge in [-0.15, -0.1) is 0 Å². The number of halogens is 3. The molecule has 6 heteroatoms. The Morgan fingerprint density at radius 3 is 2.71 bits per heavy atom. The van der Waals surface area contributed by atoms with Crippen molar-refractivity contribution in [3.05, 3.63) is 29.3 Å². The minimum Gasteiger partial charge on any atom is -0.497 e. The fraction of sp³-hybridized carbons (Fsp3) is 0.600. The molecule has 1 aliphatic carbocycles. The van der Waals surface area contributed by atoms with Crippen molar-refractivity contribution >= 4 is 0 Å². The van der Waals surface area contributed by atoms with Crippen LogP contribution in [-0.4, -0.2) is 32.5 Å². The first-order chi connectivity index (χ1) is 9.94. The highest BCUT2D eigenvalue weighted by molar-refractivity contribution is 5.42. The first-order valence-corrected chi connectivity index (χ1v) is 7.03. The summed E-state index contributed by atoms with van der Waals surface area (Å²) in [4.78, 5) is 0. The second-order valence-corrected chi connectivity index (χ2v) is 5.17. The molecule has 0 amide bonds. The Kier molecular flexibility index (Phi) is 5.11. The summed E-state index contributed by atoms with van der Waals surface area (Å²) >= 11 is 0. The summed E-state index contributed by atoms with van der Waals surface area (Å²) in [5, 5.41) is 3.28. The van der Waals surface area contributed by atoms with Crippen molar-refractivity contribution in [3.63, 3.8) is 0 Å². The van der Waals surface area contributed by atoms with E-state index in [0.717, 1.165) is 24.1 Å². The molecule has 118 valence electrons. The monoisotopic (exact) mass is 303 g/mol. The van der Waals surface area contributed by atoms with E-state index < -0.39 is 18.9 Å². The Morgan fingerprint density at radius 2 is 2.10 bits per heavy atom. The molecule has 2 unspecified atom stereocenters. The molecular formula is C15H20F3NO2. The molecule has 0 spiro atoms. The quantitative estimate of drug-likeness (QED) is 0.875. The number of benzene rings is 1. The van der Waals surface area contributed by atoms with E-state index in [-0.39, 0.29) is 6.04 Å². The van der Waals surface area contributed by atoms with Gasteiger partial charge in [-0.1, -0.05) is 13.0 Å². The SMILES string of the molecule is CCCNC1c2cc(OC)ccc2CC1OCC(F)(F)F. The summed E-state index contributed by atoms with van der Waals surface area (Å²) < 4.78 is 47.4. The van der Waals surface area contributed by atoms with Crippen LogP contribution in [0.5, 0.6) is 5.75 Å². The molecule has 1 aliphatic rings. The van der Waals surface area contributed by atoms with E-state index in [0.29, 0.717) is 12.2 Å². The van der Waals surface area contributed by atoms with Crippen LogP contribution in [0, 0.1) is 0 Å². The summed E-state index contributed by atoms with van der Waals surface area (Å²) in [6.07, 6.45) is -3.42. The van der Waals surface area contributed by atoms with Crippen molar-refractivity contribution < 1.29 is 22.6 Å². The number of hydrogen-bond acceptors (Lipinski definition) is 3. The Bertz CT molecular complexity index is 476. The number of hydrogen-bond donors (Lipinski definition) is 1. The van der Waals surface area contributed by atoms with Crippen LogP contribution >= 0.6 is 0 Å². The van der Waals surface area contributed by atoms with Gasteiger partial charge in [-0.05, 0) is 36.2 Å². The highest BCUT2D eigenvalue weighted by Gasteiger charge is 2.36. The van der Waals surface area contributed by atoms with Gasteiger partial charge in [-0.25, -0.2) is 0 Å². The number of fused-ring (bicyclic) bond motifs is 1. The molecule has 1 aromatic carbocycles. The lowest BCUT2D eigenvalue weighted by molar-refractivity contribution is -0.187. The lowest BCUT2D eigenvalue weighted by Gasteiger charge is -2.23. The van der Waals surface area contributed by atoms with Crippen molar-refractivity contribution in [1.29, 1.82) is 0 Å². The normalized spacial score (nSPS) is 21.4. The topological polar surface area (TPSA) is 30.5 Å². The number of methoxy groups -OCH3 is 1. The lowest BCUT2D eigenvalue weighted by atomic mass is 10.1. The van der Waals surface area contributed by atoms with Crippen LogP contribution < -0.4 is 10.1 Å². The highest BCUT2D eigenvalue weighted by Crippen LogP contribution is 2.36. The van der Waals surface area contributed by atoms with Gasteiger partial charge in [0.1, 0.15) is 12.4 Å². The van der Waals surface area contributed by atoms with Crippen LogP contribution in [0.1, 0.15) is 30.5 Å². The molecule has 0 fully saturated rings. The average Bonchev–Trinajstić information content (AvgIpc) is 2.78. The molecule has 1 N–H and O–H groups in total. The fourth-order valence-corrected chi connectivity index (χ4v) is 2.61. The fourth-order valence-electron chi connectivity index (χ4n) is 2.61. The standard InChI is InChI=1S/C15H20F3NO2/c1-3-6-19-14-12-8-11(20-2)5-4-10(12)7-13(14)21-9-15(16,17)18/h4-5,8,13-14,19H,3,6-7,9H2,1-2H3. The molecule has 0 aliphatic heterocycles. The lowest BCUT2D eigenvalue weighted by Crippen LogP contribution is -2.34. The van der Waals surface area contributed by atoms with Crippen molar-refractivity contribution in [3.8, 4) is 5.75 Å². The van der Waals surface area contributed by atoms with Crippen molar-refractivity contribution in [2.75, 3.05) is 20.3 Å². The molecule has 21 heavy (non-hydrogen) atoms. The molecule has 2 rings (SSSR count). The maximum Gasteiger partial charge on any atom is 0.411 e. The summed E-state index contributed by atoms with van der Waals surface area (Å²) in [5.41, 5.74) is 1.98. The second kappa shape index (κ2) is 6.66. The first kappa shape index (κ1) is 16.1. The van der Waals surface area contributed by atoms with Gasteiger partial charge in [-0.3, -0.25) is 0 Å². The van der Waals surface area contributed by atoms with Gasteiger partial charge in [0.15, 0.2) is 0 Å². The third kappa shape index (κ3) is 4.11. The van der Waals surface area contributed by atoms with Crippen LogP contribution in [0.3, 0.4) is 0 Å². The van der Waals surface area contributed by atoms with Crippen LogP contribution in [0.2, 0.25) is 0 Å². The van der Waals surface area contributed by atoms with E-state index in [9.17, 15) is 13.2 Å².